The SMILES string of the molecule is Cc1ccc(OCCOc2ccc3ccccc3c2C=O)cc1. The molecular formula is C20H18O3. The molecule has 0 amide bonds. The summed E-state index contributed by atoms with van der Waals surface area (Å²) in [5.74, 6) is 1.40. The fourth-order valence-electron chi connectivity index (χ4n) is 2.47. The van der Waals surface area contributed by atoms with E-state index in [0.717, 1.165) is 22.8 Å². The standard InChI is InChI=1S/C20H18O3/c1-15-6-9-17(10-7-15)22-12-13-23-20-11-8-16-4-2-3-5-18(16)19(20)14-21/h2-11,14H,12-13H2,1H3. The third-order valence-corrected chi connectivity index (χ3v) is 3.68. The Bertz CT molecular complexity index is 807. The highest BCUT2D eigenvalue weighted by atomic mass is 16.5. The molecule has 0 atom stereocenters. The van der Waals surface area contributed by atoms with Crippen molar-refractivity contribution in [2.45, 2.75) is 6.92 Å². The van der Waals surface area contributed by atoms with Gasteiger partial charge in [0.05, 0.1) is 5.56 Å². The van der Waals surface area contributed by atoms with E-state index in [1.807, 2.05) is 67.6 Å². The molecule has 0 aliphatic rings. The van der Waals surface area contributed by atoms with Crippen LogP contribution in [0.25, 0.3) is 10.8 Å². The van der Waals surface area contributed by atoms with Crippen molar-refractivity contribution in [1.82, 2.24) is 0 Å². The third-order valence-electron chi connectivity index (χ3n) is 3.68. The first-order valence-corrected chi connectivity index (χ1v) is 7.57. The minimum absolute atomic E-state index is 0.382. The van der Waals surface area contributed by atoms with Crippen molar-refractivity contribution < 1.29 is 14.3 Å². The molecule has 23 heavy (non-hydrogen) atoms. The number of hydrogen-bond acceptors (Lipinski definition) is 3. The van der Waals surface area contributed by atoms with Crippen molar-refractivity contribution in [3.8, 4) is 11.5 Å². The summed E-state index contributed by atoms with van der Waals surface area (Å²) in [6, 6.07) is 19.4. The molecule has 0 saturated carbocycles. The number of aryl methyl sites for hydroxylation is 1. The molecule has 3 heteroatoms. The molecule has 0 aliphatic heterocycles. The molecule has 3 nitrogen and oxygen atoms in total. The molecule has 0 N–H and O–H groups in total. The van der Waals surface area contributed by atoms with Crippen LogP contribution in [0, 0.1) is 6.92 Å². The predicted octanol–water partition coefficient (Wildman–Crippen LogP) is 4.42. The predicted molar refractivity (Wildman–Crippen MR) is 91.5 cm³/mol. The zero-order valence-electron chi connectivity index (χ0n) is 13.0. The summed E-state index contributed by atoms with van der Waals surface area (Å²) in [7, 11) is 0. The highest BCUT2D eigenvalue weighted by Gasteiger charge is 2.07. The van der Waals surface area contributed by atoms with Crippen LogP contribution in [-0.4, -0.2) is 19.5 Å². The number of ether oxygens (including phenoxy) is 2. The van der Waals surface area contributed by atoms with E-state index in [1.54, 1.807) is 0 Å². The molecule has 3 aromatic carbocycles. The van der Waals surface area contributed by atoms with Crippen molar-refractivity contribution in [2.24, 2.45) is 0 Å². The van der Waals surface area contributed by atoms with E-state index in [-0.39, 0.29) is 0 Å². The highest BCUT2D eigenvalue weighted by Crippen LogP contribution is 2.26. The Kier molecular flexibility index (Phi) is 4.57. The van der Waals surface area contributed by atoms with E-state index < -0.39 is 0 Å². The van der Waals surface area contributed by atoms with Crippen molar-refractivity contribution in [3.05, 3.63) is 71.8 Å². The second kappa shape index (κ2) is 6.97. The average Bonchev–Trinajstić information content (AvgIpc) is 2.59. The van der Waals surface area contributed by atoms with Gasteiger partial charge in [-0.25, -0.2) is 0 Å². The second-order valence-corrected chi connectivity index (χ2v) is 5.33. The largest absolute Gasteiger partial charge is 0.490 e. The lowest BCUT2D eigenvalue weighted by Crippen LogP contribution is -2.10. The molecule has 3 rings (SSSR count). The number of aldehydes is 1. The van der Waals surface area contributed by atoms with Crippen LogP contribution in [-0.2, 0) is 0 Å². The summed E-state index contributed by atoms with van der Waals surface area (Å²) in [5, 5.41) is 1.93. The Morgan fingerprint density at radius 3 is 2.39 bits per heavy atom. The topological polar surface area (TPSA) is 35.5 Å². The Morgan fingerprint density at radius 2 is 1.61 bits per heavy atom. The van der Waals surface area contributed by atoms with Gasteiger partial charge in [0.2, 0.25) is 0 Å². The molecule has 0 bridgehead atoms. The van der Waals surface area contributed by atoms with Crippen LogP contribution in [0.1, 0.15) is 15.9 Å². The van der Waals surface area contributed by atoms with Crippen LogP contribution in [0.5, 0.6) is 11.5 Å². The molecule has 0 spiro atoms. The molecular weight excluding hydrogens is 288 g/mol. The van der Waals surface area contributed by atoms with Crippen molar-refractivity contribution in [2.75, 3.05) is 13.2 Å². The highest BCUT2D eigenvalue weighted by molar-refractivity contribution is 6.00. The number of hydrogen-bond donors (Lipinski definition) is 0. The van der Waals surface area contributed by atoms with Crippen LogP contribution < -0.4 is 9.47 Å². The second-order valence-electron chi connectivity index (χ2n) is 5.33. The Labute approximate surface area is 135 Å². The van der Waals surface area contributed by atoms with Gasteiger partial charge in [-0.3, -0.25) is 4.79 Å². The Balaban J connectivity index is 1.65. The fourth-order valence-corrected chi connectivity index (χ4v) is 2.47. The molecule has 0 aliphatic carbocycles. The van der Waals surface area contributed by atoms with Crippen molar-refractivity contribution in [1.29, 1.82) is 0 Å². The fraction of sp³-hybridized carbons (Fsp3) is 0.150. The molecule has 3 aromatic rings. The zero-order chi connectivity index (χ0) is 16.1. The zero-order valence-corrected chi connectivity index (χ0v) is 13.0. The number of rotatable bonds is 6. The molecule has 0 heterocycles. The molecule has 0 aromatic heterocycles. The van der Waals surface area contributed by atoms with Gasteiger partial charge in [-0.2, -0.15) is 0 Å². The van der Waals surface area contributed by atoms with Crippen molar-refractivity contribution in [3.63, 3.8) is 0 Å². The minimum atomic E-state index is 0.382. The monoisotopic (exact) mass is 306 g/mol. The van der Waals surface area contributed by atoms with Gasteiger partial charge in [-0.05, 0) is 35.9 Å². The summed E-state index contributed by atoms with van der Waals surface area (Å²) in [5.41, 5.74) is 1.78. The summed E-state index contributed by atoms with van der Waals surface area (Å²) in [6.45, 7) is 2.84. The third kappa shape index (κ3) is 3.51. The van der Waals surface area contributed by atoms with Crippen LogP contribution in [0.2, 0.25) is 0 Å². The molecule has 0 unspecified atom stereocenters. The maximum absolute atomic E-state index is 11.4. The van der Waals surface area contributed by atoms with Gasteiger partial charge in [-0.1, -0.05) is 48.0 Å². The van der Waals surface area contributed by atoms with Crippen LogP contribution >= 0.6 is 0 Å². The summed E-state index contributed by atoms with van der Waals surface area (Å²) in [6.07, 6.45) is 0.846. The van der Waals surface area contributed by atoms with E-state index >= 15 is 0 Å². The molecule has 0 saturated heterocycles. The van der Waals surface area contributed by atoms with E-state index in [1.165, 1.54) is 5.56 Å². The lowest BCUT2D eigenvalue weighted by atomic mass is 10.0. The molecule has 0 fully saturated rings. The number of benzene rings is 3. The van der Waals surface area contributed by atoms with E-state index in [4.69, 9.17) is 9.47 Å². The smallest absolute Gasteiger partial charge is 0.154 e. The first-order valence-electron chi connectivity index (χ1n) is 7.57. The summed E-state index contributed by atoms with van der Waals surface area (Å²) in [4.78, 5) is 11.4. The van der Waals surface area contributed by atoms with E-state index in [2.05, 4.69) is 0 Å². The van der Waals surface area contributed by atoms with E-state index in [9.17, 15) is 4.79 Å². The van der Waals surface area contributed by atoms with Crippen molar-refractivity contribution >= 4 is 17.1 Å². The normalized spacial score (nSPS) is 10.5. The summed E-state index contributed by atoms with van der Waals surface area (Å²) < 4.78 is 11.4. The van der Waals surface area contributed by atoms with Crippen LogP contribution in [0.4, 0.5) is 0 Å². The Hall–Kier alpha value is -2.81. The van der Waals surface area contributed by atoms with Gasteiger partial charge >= 0.3 is 0 Å². The number of carbonyl (C=O) groups is 1. The molecule has 116 valence electrons. The van der Waals surface area contributed by atoms with Crippen LogP contribution in [0.3, 0.4) is 0 Å². The van der Waals surface area contributed by atoms with Gasteiger partial charge in [-0.15, -0.1) is 0 Å². The number of fused-ring (bicyclic) bond motifs is 1. The number of carbonyl (C=O) groups excluding carboxylic acids is 1. The molecule has 0 radical (unpaired) electrons. The Morgan fingerprint density at radius 1 is 0.870 bits per heavy atom. The van der Waals surface area contributed by atoms with Gasteiger partial charge < -0.3 is 9.47 Å². The van der Waals surface area contributed by atoms with Gasteiger partial charge in [0.15, 0.2) is 6.29 Å². The lowest BCUT2D eigenvalue weighted by molar-refractivity contribution is 0.112. The summed E-state index contributed by atoms with van der Waals surface area (Å²) >= 11 is 0. The quantitative estimate of drug-likeness (QED) is 0.499. The first-order chi connectivity index (χ1) is 11.3. The van der Waals surface area contributed by atoms with Gasteiger partial charge in [0.25, 0.3) is 0 Å². The van der Waals surface area contributed by atoms with E-state index in [0.29, 0.717) is 24.5 Å². The average molecular weight is 306 g/mol. The lowest BCUT2D eigenvalue weighted by Gasteiger charge is -2.11. The minimum Gasteiger partial charge on any atom is -0.490 e. The maximum atomic E-state index is 11.4. The van der Waals surface area contributed by atoms with Gasteiger partial charge in [0.1, 0.15) is 24.7 Å². The van der Waals surface area contributed by atoms with Gasteiger partial charge in [0, 0.05) is 0 Å². The van der Waals surface area contributed by atoms with Crippen LogP contribution in [0.15, 0.2) is 60.7 Å². The first kappa shape index (κ1) is 15.1. The maximum Gasteiger partial charge on any atom is 0.154 e.